The molecule has 0 bridgehead atoms. The fourth-order valence-electron chi connectivity index (χ4n) is 1.70. The summed E-state index contributed by atoms with van der Waals surface area (Å²) in [7, 11) is 0. The number of aromatic nitrogens is 2. The van der Waals surface area contributed by atoms with Crippen LogP contribution in [0.2, 0.25) is 0 Å². The maximum atomic E-state index is 12.6. The van der Waals surface area contributed by atoms with Crippen LogP contribution in [0.5, 0.6) is 0 Å². The minimum absolute atomic E-state index is 0.0305. The Labute approximate surface area is 87.7 Å². The molecule has 0 aliphatic carbocycles. The molecule has 16 heavy (non-hydrogen) atoms. The van der Waals surface area contributed by atoms with E-state index < -0.39 is 24.2 Å². The Kier molecular flexibility index (Phi) is 2.38. The summed E-state index contributed by atoms with van der Waals surface area (Å²) in [6, 6.07) is -3.27. The zero-order chi connectivity index (χ0) is 11.9. The number of nitrogens with zero attached hydrogens (tertiary/aromatic N) is 1. The van der Waals surface area contributed by atoms with Gasteiger partial charge < -0.3 is 10.1 Å². The Morgan fingerprint density at radius 3 is 2.81 bits per heavy atom. The Bertz CT molecular complexity index is 415. The van der Waals surface area contributed by atoms with Crippen LogP contribution in [-0.2, 0) is 11.2 Å². The van der Waals surface area contributed by atoms with E-state index in [1.165, 1.54) is 0 Å². The smallest absolute Gasteiger partial charge is 0.409 e. The highest BCUT2D eigenvalue weighted by Crippen LogP contribution is 2.36. The number of hydrogen-bond acceptors (Lipinski definition) is 3. The van der Waals surface area contributed by atoms with Crippen LogP contribution in [-0.4, -0.2) is 33.3 Å². The summed E-state index contributed by atoms with van der Waals surface area (Å²) in [5.41, 5.74) is 0.0403. The van der Waals surface area contributed by atoms with Gasteiger partial charge in [-0.25, -0.2) is 4.98 Å². The van der Waals surface area contributed by atoms with E-state index in [9.17, 15) is 18.0 Å². The van der Waals surface area contributed by atoms with E-state index in [1.807, 2.05) is 5.32 Å². The topological polar surface area (TPSA) is 78.0 Å². The number of hydrogen-bond donors (Lipinski definition) is 3. The standard InChI is InChI=1S/C8H8F3N3O2/c9-8(10,11)6-5-3(12-2-13-5)1-4(14-6)7(15)16/h2,4,6,14H,1H2,(H,12,13)(H,15,16)/t4-,6-/m0/s1. The van der Waals surface area contributed by atoms with Crippen molar-refractivity contribution in [1.29, 1.82) is 0 Å². The number of rotatable bonds is 1. The molecule has 1 aliphatic rings. The van der Waals surface area contributed by atoms with E-state index in [2.05, 4.69) is 9.97 Å². The molecular weight excluding hydrogens is 227 g/mol. The van der Waals surface area contributed by atoms with Crippen molar-refractivity contribution in [2.45, 2.75) is 24.7 Å². The number of carboxylic acid groups (broad SMARTS) is 1. The van der Waals surface area contributed by atoms with Gasteiger partial charge in [-0.05, 0) is 0 Å². The molecule has 0 unspecified atom stereocenters. The molecule has 2 rings (SSSR count). The minimum Gasteiger partial charge on any atom is -0.480 e. The van der Waals surface area contributed by atoms with Crippen molar-refractivity contribution in [3.8, 4) is 0 Å². The Hall–Kier alpha value is -1.57. The van der Waals surface area contributed by atoms with Gasteiger partial charge in [0.15, 0.2) is 0 Å². The van der Waals surface area contributed by atoms with Gasteiger partial charge in [0.1, 0.15) is 12.1 Å². The molecule has 2 atom stereocenters. The number of halogens is 3. The number of aliphatic carboxylic acids is 1. The molecule has 1 aromatic heterocycles. The molecule has 0 spiro atoms. The second-order valence-corrected chi connectivity index (χ2v) is 3.50. The number of nitrogens with one attached hydrogen (secondary N) is 2. The fourth-order valence-corrected chi connectivity index (χ4v) is 1.70. The largest absolute Gasteiger partial charge is 0.480 e. The Morgan fingerprint density at radius 1 is 1.56 bits per heavy atom. The van der Waals surface area contributed by atoms with Gasteiger partial charge in [-0.2, -0.15) is 13.2 Å². The summed E-state index contributed by atoms with van der Waals surface area (Å²) in [4.78, 5) is 16.8. The van der Waals surface area contributed by atoms with Gasteiger partial charge in [0.05, 0.1) is 12.0 Å². The van der Waals surface area contributed by atoms with Crippen LogP contribution >= 0.6 is 0 Å². The van der Waals surface area contributed by atoms with E-state index in [4.69, 9.17) is 5.11 Å². The molecular formula is C8H8F3N3O2. The average Bonchev–Trinajstić information content (AvgIpc) is 2.61. The molecule has 0 saturated heterocycles. The van der Waals surface area contributed by atoms with Crippen molar-refractivity contribution in [2.75, 3.05) is 0 Å². The van der Waals surface area contributed by atoms with Gasteiger partial charge in [-0.15, -0.1) is 0 Å². The molecule has 0 radical (unpaired) electrons. The lowest BCUT2D eigenvalue weighted by Gasteiger charge is -2.29. The van der Waals surface area contributed by atoms with Crippen LogP contribution in [0.4, 0.5) is 13.2 Å². The zero-order valence-electron chi connectivity index (χ0n) is 7.88. The van der Waals surface area contributed by atoms with E-state index in [0.717, 1.165) is 6.33 Å². The molecule has 1 aromatic rings. The van der Waals surface area contributed by atoms with Crippen LogP contribution in [0, 0.1) is 0 Å². The molecule has 0 saturated carbocycles. The molecule has 0 amide bonds. The van der Waals surface area contributed by atoms with Gasteiger partial charge in [-0.3, -0.25) is 10.1 Å². The third-order valence-electron chi connectivity index (χ3n) is 2.43. The van der Waals surface area contributed by atoms with Crippen LogP contribution < -0.4 is 5.32 Å². The first-order valence-corrected chi connectivity index (χ1v) is 4.47. The number of carboxylic acids is 1. The predicted molar refractivity (Wildman–Crippen MR) is 45.6 cm³/mol. The Morgan fingerprint density at radius 2 is 2.25 bits per heavy atom. The summed E-state index contributed by atoms with van der Waals surface area (Å²) >= 11 is 0. The summed E-state index contributed by atoms with van der Waals surface area (Å²) in [5.74, 6) is -1.31. The Balaban J connectivity index is 2.37. The maximum Gasteiger partial charge on any atom is 0.409 e. The van der Waals surface area contributed by atoms with E-state index in [1.54, 1.807) is 0 Å². The average molecular weight is 235 g/mol. The minimum atomic E-state index is -4.56. The number of alkyl halides is 3. The van der Waals surface area contributed by atoms with E-state index in [0.29, 0.717) is 0 Å². The third-order valence-corrected chi connectivity index (χ3v) is 2.43. The van der Waals surface area contributed by atoms with Crippen molar-refractivity contribution in [3.63, 3.8) is 0 Å². The molecule has 0 aromatic carbocycles. The third kappa shape index (κ3) is 1.75. The second-order valence-electron chi connectivity index (χ2n) is 3.50. The van der Waals surface area contributed by atoms with Crippen molar-refractivity contribution in [1.82, 2.24) is 15.3 Å². The summed E-state index contributed by atoms with van der Waals surface area (Å²) in [6.45, 7) is 0. The van der Waals surface area contributed by atoms with Gasteiger partial charge in [0.2, 0.25) is 0 Å². The predicted octanol–water partition coefficient (Wildman–Crippen LogP) is 0.612. The lowest BCUT2D eigenvalue weighted by atomic mass is 9.99. The van der Waals surface area contributed by atoms with Gasteiger partial charge in [-0.1, -0.05) is 0 Å². The van der Waals surface area contributed by atoms with Crippen LogP contribution in [0.15, 0.2) is 6.33 Å². The normalized spacial score (nSPS) is 25.2. The number of H-pyrrole nitrogens is 1. The van der Waals surface area contributed by atoms with Gasteiger partial charge in [0, 0.05) is 12.1 Å². The van der Waals surface area contributed by atoms with Crippen LogP contribution in [0.25, 0.3) is 0 Å². The van der Waals surface area contributed by atoms with Crippen LogP contribution in [0.3, 0.4) is 0 Å². The lowest BCUT2D eigenvalue weighted by molar-refractivity contribution is -0.165. The molecule has 8 heteroatoms. The lowest BCUT2D eigenvalue weighted by Crippen LogP contribution is -2.49. The molecule has 1 aliphatic heterocycles. The first-order chi connectivity index (χ1) is 7.39. The summed E-state index contributed by atoms with van der Waals surface area (Å²) in [6.07, 6.45) is -3.45. The number of aromatic amines is 1. The highest BCUT2D eigenvalue weighted by molar-refractivity contribution is 5.74. The maximum absolute atomic E-state index is 12.6. The van der Waals surface area contributed by atoms with E-state index >= 15 is 0 Å². The number of fused-ring (bicyclic) bond motifs is 1. The molecule has 0 fully saturated rings. The van der Waals surface area contributed by atoms with Gasteiger partial charge in [0.25, 0.3) is 0 Å². The quantitative estimate of drug-likeness (QED) is 0.666. The van der Waals surface area contributed by atoms with Crippen LogP contribution in [0.1, 0.15) is 17.4 Å². The fraction of sp³-hybridized carbons (Fsp3) is 0.500. The zero-order valence-corrected chi connectivity index (χ0v) is 7.88. The van der Waals surface area contributed by atoms with Crippen molar-refractivity contribution in [3.05, 3.63) is 17.7 Å². The van der Waals surface area contributed by atoms with Gasteiger partial charge >= 0.3 is 12.1 Å². The molecule has 5 nitrogen and oxygen atoms in total. The molecule has 3 N–H and O–H groups in total. The SMILES string of the molecule is O=C(O)[C@@H]1Cc2[nH]cnc2[C@@H](C(F)(F)F)N1. The number of imidazole rings is 1. The van der Waals surface area contributed by atoms with Crippen molar-refractivity contribution < 1.29 is 23.1 Å². The monoisotopic (exact) mass is 235 g/mol. The molecule has 2 heterocycles. The summed E-state index contributed by atoms with van der Waals surface area (Å²) < 4.78 is 37.9. The van der Waals surface area contributed by atoms with Crippen molar-refractivity contribution in [2.24, 2.45) is 0 Å². The number of carbonyl (C=O) groups is 1. The van der Waals surface area contributed by atoms with E-state index in [-0.39, 0.29) is 17.8 Å². The highest BCUT2D eigenvalue weighted by Gasteiger charge is 2.47. The second kappa shape index (κ2) is 3.48. The first kappa shape index (κ1) is 10.9. The summed E-state index contributed by atoms with van der Waals surface area (Å²) in [5, 5.41) is 10.7. The molecule has 88 valence electrons. The first-order valence-electron chi connectivity index (χ1n) is 4.47. The highest BCUT2D eigenvalue weighted by atomic mass is 19.4. The van der Waals surface area contributed by atoms with Crippen molar-refractivity contribution >= 4 is 5.97 Å².